The monoisotopic (exact) mass is 245 g/mol. The first-order chi connectivity index (χ1) is 8.78. The van der Waals surface area contributed by atoms with Gasteiger partial charge in [-0.15, -0.1) is 0 Å². The second-order valence-corrected chi connectivity index (χ2v) is 5.96. The lowest BCUT2D eigenvalue weighted by atomic mass is 9.67. The van der Waals surface area contributed by atoms with Gasteiger partial charge in [-0.3, -0.25) is 0 Å². The number of hydrogen-bond acceptors (Lipinski definition) is 2. The third-order valence-corrected chi connectivity index (χ3v) is 4.81. The number of rotatable bonds is 2. The van der Waals surface area contributed by atoms with Gasteiger partial charge in [0, 0.05) is 12.0 Å². The van der Waals surface area contributed by atoms with Gasteiger partial charge in [-0.25, -0.2) is 0 Å². The Hall–Kier alpha value is -0.860. The van der Waals surface area contributed by atoms with E-state index in [9.17, 15) is 5.11 Å². The first kappa shape index (κ1) is 12.2. The Kier molecular flexibility index (Phi) is 3.40. The van der Waals surface area contributed by atoms with E-state index in [2.05, 4.69) is 35.6 Å². The summed E-state index contributed by atoms with van der Waals surface area (Å²) in [6.07, 6.45) is 6.65. The zero-order chi connectivity index (χ0) is 12.4. The zero-order valence-corrected chi connectivity index (χ0v) is 10.9. The van der Waals surface area contributed by atoms with E-state index in [1.54, 1.807) is 0 Å². The van der Waals surface area contributed by atoms with Crippen LogP contribution in [-0.2, 0) is 6.42 Å². The fourth-order valence-corrected chi connectivity index (χ4v) is 3.83. The van der Waals surface area contributed by atoms with E-state index < -0.39 is 0 Å². The third-order valence-electron chi connectivity index (χ3n) is 4.81. The molecule has 3 rings (SSSR count). The molecule has 0 radical (unpaired) electrons. The van der Waals surface area contributed by atoms with E-state index in [-0.39, 0.29) is 5.60 Å². The summed E-state index contributed by atoms with van der Waals surface area (Å²) in [6, 6.07) is 11.1. The summed E-state index contributed by atoms with van der Waals surface area (Å²) in [5.41, 5.74) is 0.994. The maximum absolute atomic E-state index is 10.8. The van der Waals surface area contributed by atoms with Crippen molar-refractivity contribution in [2.75, 3.05) is 6.54 Å². The first-order valence-corrected chi connectivity index (χ1v) is 7.28. The minimum absolute atomic E-state index is 0.386. The molecule has 2 heteroatoms. The van der Waals surface area contributed by atoms with Gasteiger partial charge in [0.1, 0.15) is 0 Å². The molecule has 18 heavy (non-hydrogen) atoms. The Morgan fingerprint density at radius 2 is 2.00 bits per heavy atom. The van der Waals surface area contributed by atoms with Crippen LogP contribution in [0.5, 0.6) is 0 Å². The number of hydrogen-bond donors (Lipinski definition) is 2. The lowest BCUT2D eigenvalue weighted by molar-refractivity contribution is -0.0850. The van der Waals surface area contributed by atoms with Crippen molar-refractivity contribution >= 4 is 0 Å². The normalized spacial score (nSPS) is 36.1. The van der Waals surface area contributed by atoms with Gasteiger partial charge in [0.2, 0.25) is 0 Å². The minimum atomic E-state index is -0.386. The summed E-state index contributed by atoms with van der Waals surface area (Å²) in [7, 11) is 0. The van der Waals surface area contributed by atoms with Crippen LogP contribution in [0, 0.1) is 5.92 Å². The van der Waals surface area contributed by atoms with Crippen LogP contribution in [0.4, 0.5) is 0 Å². The first-order valence-electron chi connectivity index (χ1n) is 7.28. The lowest BCUT2D eigenvalue weighted by Crippen LogP contribution is -2.58. The van der Waals surface area contributed by atoms with Gasteiger partial charge in [-0.2, -0.15) is 0 Å². The molecule has 0 amide bonds. The summed E-state index contributed by atoms with van der Waals surface area (Å²) in [5, 5.41) is 14.4. The minimum Gasteiger partial charge on any atom is -0.389 e. The highest BCUT2D eigenvalue weighted by Crippen LogP contribution is 2.41. The lowest BCUT2D eigenvalue weighted by Gasteiger charge is -2.48. The van der Waals surface area contributed by atoms with Gasteiger partial charge in [-0.05, 0) is 37.8 Å². The molecule has 0 bridgehead atoms. The molecule has 1 aliphatic carbocycles. The molecule has 1 aromatic rings. The van der Waals surface area contributed by atoms with E-state index >= 15 is 0 Å². The van der Waals surface area contributed by atoms with Crippen molar-refractivity contribution < 1.29 is 5.11 Å². The van der Waals surface area contributed by atoms with Crippen LogP contribution in [0.25, 0.3) is 0 Å². The SMILES string of the molecule is O[C@]12CCCC[C@H]1[C@H](Cc1ccccc1)NCC2. The number of aliphatic hydroxyl groups is 1. The molecular weight excluding hydrogens is 222 g/mol. The summed E-state index contributed by atoms with van der Waals surface area (Å²) >= 11 is 0. The van der Waals surface area contributed by atoms with Gasteiger partial charge >= 0.3 is 0 Å². The van der Waals surface area contributed by atoms with E-state index in [1.807, 2.05) is 0 Å². The average Bonchev–Trinajstić information content (AvgIpc) is 2.39. The predicted molar refractivity (Wildman–Crippen MR) is 73.5 cm³/mol. The molecule has 1 aromatic carbocycles. The molecule has 0 aromatic heterocycles. The predicted octanol–water partition coefficient (Wildman–Crippen LogP) is 2.51. The summed E-state index contributed by atoms with van der Waals surface area (Å²) in [6.45, 7) is 0.963. The highest BCUT2D eigenvalue weighted by molar-refractivity contribution is 5.17. The fourth-order valence-electron chi connectivity index (χ4n) is 3.83. The highest BCUT2D eigenvalue weighted by Gasteiger charge is 2.45. The smallest absolute Gasteiger partial charge is 0.0702 e. The zero-order valence-electron chi connectivity index (χ0n) is 10.9. The van der Waals surface area contributed by atoms with Crippen molar-refractivity contribution in [1.82, 2.24) is 5.32 Å². The molecule has 3 atom stereocenters. The number of benzene rings is 1. The van der Waals surface area contributed by atoms with Crippen LogP contribution in [0.1, 0.15) is 37.7 Å². The number of piperidine rings is 1. The van der Waals surface area contributed by atoms with E-state index in [1.165, 1.54) is 24.8 Å². The van der Waals surface area contributed by atoms with Gasteiger partial charge in [0.15, 0.2) is 0 Å². The van der Waals surface area contributed by atoms with Gasteiger partial charge in [-0.1, -0.05) is 43.2 Å². The van der Waals surface area contributed by atoms with E-state index in [0.717, 1.165) is 25.8 Å². The van der Waals surface area contributed by atoms with Crippen LogP contribution in [0.2, 0.25) is 0 Å². The molecule has 1 aliphatic heterocycles. The summed E-state index contributed by atoms with van der Waals surface area (Å²) in [5.74, 6) is 0.445. The summed E-state index contributed by atoms with van der Waals surface area (Å²) < 4.78 is 0. The third kappa shape index (κ3) is 2.32. The van der Waals surface area contributed by atoms with Crippen molar-refractivity contribution in [3.63, 3.8) is 0 Å². The van der Waals surface area contributed by atoms with E-state index in [0.29, 0.717) is 12.0 Å². The largest absolute Gasteiger partial charge is 0.389 e. The Bertz CT molecular complexity index is 387. The average molecular weight is 245 g/mol. The topological polar surface area (TPSA) is 32.3 Å². The highest BCUT2D eigenvalue weighted by atomic mass is 16.3. The molecule has 1 saturated carbocycles. The number of nitrogens with one attached hydrogen (secondary N) is 1. The second-order valence-electron chi connectivity index (χ2n) is 5.96. The molecule has 2 fully saturated rings. The van der Waals surface area contributed by atoms with Gasteiger partial charge in [0.05, 0.1) is 5.60 Å². The van der Waals surface area contributed by atoms with Crippen molar-refractivity contribution in [2.45, 2.75) is 50.2 Å². The molecule has 0 spiro atoms. The van der Waals surface area contributed by atoms with Crippen molar-refractivity contribution in [1.29, 1.82) is 0 Å². The van der Waals surface area contributed by atoms with Crippen LogP contribution in [0.3, 0.4) is 0 Å². The number of fused-ring (bicyclic) bond motifs is 1. The molecule has 2 aliphatic rings. The molecule has 0 unspecified atom stereocenters. The van der Waals surface area contributed by atoms with Gasteiger partial charge in [0.25, 0.3) is 0 Å². The van der Waals surface area contributed by atoms with Crippen LogP contribution >= 0.6 is 0 Å². The molecule has 98 valence electrons. The Morgan fingerprint density at radius 3 is 2.83 bits per heavy atom. The van der Waals surface area contributed by atoms with Crippen LogP contribution < -0.4 is 5.32 Å². The molecular formula is C16H23NO. The standard InChI is InChI=1S/C16H23NO/c18-16-9-5-4-8-14(16)15(17-11-10-16)12-13-6-2-1-3-7-13/h1-3,6-7,14-15,17-18H,4-5,8-12H2/t14-,15-,16-/m0/s1. The van der Waals surface area contributed by atoms with E-state index in [4.69, 9.17) is 0 Å². The molecule has 2 nitrogen and oxygen atoms in total. The van der Waals surface area contributed by atoms with Gasteiger partial charge < -0.3 is 10.4 Å². The maximum atomic E-state index is 10.8. The van der Waals surface area contributed by atoms with Crippen molar-refractivity contribution in [2.24, 2.45) is 5.92 Å². The maximum Gasteiger partial charge on any atom is 0.0702 e. The van der Waals surface area contributed by atoms with Crippen LogP contribution in [-0.4, -0.2) is 23.3 Å². The van der Waals surface area contributed by atoms with Crippen molar-refractivity contribution in [3.8, 4) is 0 Å². The Balaban J connectivity index is 1.75. The molecule has 1 saturated heterocycles. The fraction of sp³-hybridized carbons (Fsp3) is 0.625. The Morgan fingerprint density at radius 1 is 1.17 bits per heavy atom. The molecule has 1 heterocycles. The molecule has 2 N–H and O–H groups in total. The van der Waals surface area contributed by atoms with Crippen molar-refractivity contribution in [3.05, 3.63) is 35.9 Å². The Labute approximate surface area is 109 Å². The van der Waals surface area contributed by atoms with Crippen LogP contribution in [0.15, 0.2) is 30.3 Å². The summed E-state index contributed by atoms with van der Waals surface area (Å²) in [4.78, 5) is 0. The quantitative estimate of drug-likeness (QED) is 0.839. The second kappa shape index (κ2) is 5.02.